The third kappa shape index (κ3) is 15.2. The Labute approximate surface area is 314 Å². The zero-order valence-electron chi connectivity index (χ0n) is 30.5. The molecule has 0 aliphatic carbocycles. The molecule has 0 aromatic heterocycles. The van der Waals surface area contributed by atoms with Gasteiger partial charge in [-0.25, -0.2) is 4.39 Å². The number of hydrogen-bond donors (Lipinski definition) is 8. The predicted octanol–water partition coefficient (Wildman–Crippen LogP) is 1.43. The van der Waals surface area contributed by atoms with Crippen LogP contribution in [-0.4, -0.2) is 66.2 Å². The molecular formula is C39H50FN9O5. The largest absolute Gasteiger partial charge is 0.399 e. The quantitative estimate of drug-likeness (QED) is 0.0276. The van der Waals surface area contributed by atoms with E-state index >= 15 is 0 Å². The molecule has 3 aromatic rings. The van der Waals surface area contributed by atoms with Gasteiger partial charge in [-0.2, -0.15) is 0 Å². The Morgan fingerprint density at radius 2 is 1.22 bits per heavy atom. The van der Waals surface area contributed by atoms with E-state index in [1.807, 2.05) is 44.2 Å². The first-order valence-corrected chi connectivity index (χ1v) is 17.6. The van der Waals surface area contributed by atoms with Gasteiger partial charge in [0.05, 0.1) is 0 Å². The highest BCUT2D eigenvalue weighted by Crippen LogP contribution is 2.13. The van der Waals surface area contributed by atoms with Crippen LogP contribution in [0, 0.1) is 11.7 Å². The molecule has 0 fully saturated rings. The van der Waals surface area contributed by atoms with Crippen molar-refractivity contribution in [1.29, 1.82) is 0 Å². The van der Waals surface area contributed by atoms with E-state index in [2.05, 4.69) is 26.3 Å². The second-order valence-electron chi connectivity index (χ2n) is 13.2. The fourth-order valence-corrected chi connectivity index (χ4v) is 5.43. The smallest absolute Gasteiger partial charge is 0.244 e. The van der Waals surface area contributed by atoms with Gasteiger partial charge in [-0.05, 0) is 72.2 Å². The number of halogens is 1. The van der Waals surface area contributed by atoms with Crippen molar-refractivity contribution in [2.75, 3.05) is 12.3 Å². The molecule has 0 saturated carbocycles. The monoisotopic (exact) mass is 743 g/mol. The van der Waals surface area contributed by atoms with E-state index in [0.29, 0.717) is 23.2 Å². The van der Waals surface area contributed by atoms with Gasteiger partial charge in [0.25, 0.3) is 0 Å². The van der Waals surface area contributed by atoms with Gasteiger partial charge in [0.1, 0.15) is 30.0 Å². The number of rotatable bonds is 20. The molecule has 0 bridgehead atoms. The number of anilines is 1. The highest BCUT2D eigenvalue weighted by atomic mass is 19.1. The summed E-state index contributed by atoms with van der Waals surface area (Å²) < 4.78 is 13.7. The first kappa shape index (κ1) is 42.2. The highest BCUT2D eigenvalue weighted by Gasteiger charge is 2.31. The van der Waals surface area contributed by atoms with E-state index in [9.17, 15) is 28.4 Å². The summed E-state index contributed by atoms with van der Waals surface area (Å²) in [4.78, 5) is 70.7. The Morgan fingerprint density at radius 3 is 1.78 bits per heavy atom. The average Bonchev–Trinajstić information content (AvgIpc) is 3.12. The number of amides is 5. The van der Waals surface area contributed by atoms with Crippen LogP contribution in [0.5, 0.6) is 0 Å². The lowest BCUT2D eigenvalue weighted by Crippen LogP contribution is -2.59. The summed E-state index contributed by atoms with van der Waals surface area (Å²) in [6.45, 7) is 3.93. The van der Waals surface area contributed by atoms with Crippen molar-refractivity contribution in [3.05, 3.63) is 107 Å². The van der Waals surface area contributed by atoms with E-state index in [0.717, 1.165) is 5.56 Å². The van der Waals surface area contributed by atoms with Gasteiger partial charge in [0.2, 0.25) is 29.5 Å². The van der Waals surface area contributed by atoms with E-state index < -0.39 is 59.5 Å². The third-order valence-electron chi connectivity index (χ3n) is 8.21. The molecule has 0 radical (unpaired) electrons. The number of aliphatic imine (C=N–C) groups is 1. The summed E-state index contributed by atoms with van der Waals surface area (Å²) in [6, 6.07) is 16.7. The van der Waals surface area contributed by atoms with E-state index in [1.165, 1.54) is 30.3 Å². The summed E-state index contributed by atoms with van der Waals surface area (Å²) in [7, 11) is 0. The number of nitrogens with zero attached hydrogens (tertiary/aromatic N) is 1. The van der Waals surface area contributed by atoms with Crippen LogP contribution in [0.3, 0.4) is 0 Å². The van der Waals surface area contributed by atoms with Crippen molar-refractivity contribution in [1.82, 2.24) is 21.3 Å². The number of nitrogen functional groups attached to an aromatic ring is 1. The zero-order chi connectivity index (χ0) is 39.6. The second kappa shape index (κ2) is 21.3. The molecule has 288 valence electrons. The van der Waals surface area contributed by atoms with Crippen LogP contribution in [0.1, 0.15) is 49.8 Å². The Hall–Kier alpha value is -6.25. The fourth-order valence-electron chi connectivity index (χ4n) is 5.43. The van der Waals surface area contributed by atoms with Gasteiger partial charge in [0.15, 0.2) is 5.96 Å². The number of carbonyl (C=O) groups excluding carboxylic acids is 5. The number of nitrogens with one attached hydrogen (secondary N) is 4. The van der Waals surface area contributed by atoms with Crippen molar-refractivity contribution >= 4 is 47.3 Å². The summed E-state index contributed by atoms with van der Waals surface area (Å²) in [5.74, 6) is -4.04. The Balaban J connectivity index is 1.87. The van der Waals surface area contributed by atoms with Crippen molar-refractivity contribution in [2.24, 2.45) is 28.1 Å². The third-order valence-corrected chi connectivity index (χ3v) is 8.21. The molecule has 0 aliphatic heterocycles. The maximum absolute atomic E-state index is 14.0. The average molecular weight is 744 g/mol. The maximum atomic E-state index is 14.0. The van der Waals surface area contributed by atoms with Crippen LogP contribution in [0.2, 0.25) is 0 Å². The van der Waals surface area contributed by atoms with Crippen LogP contribution in [-0.2, 0) is 36.8 Å². The molecule has 14 nitrogen and oxygen atoms in total. The molecule has 4 atom stereocenters. The van der Waals surface area contributed by atoms with Crippen LogP contribution >= 0.6 is 0 Å². The first-order valence-electron chi connectivity index (χ1n) is 17.6. The number of benzene rings is 3. The van der Waals surface area contributed by atoms with Gasteiger partial charge in [-0.3, -0.25) is 29.0 Å². The minimum Gasteiger partial charge on any atom is -0.399 e. The van der Waals surface area contributed by atoms with Crippen LogP contribution in [0.25, 0.3) is 6.08 Å². The lowest BCUT2D eigenvalue weighted by Gasteiger charge is -2.27. The molecule has 3 rings (SSSR count). The van der Waals surface area contributed by atoms with E-state index in [-0.39, 0.29) is 44.1 Å². The van der Waals surface area contributed by atoms with Crippen LogP contribution in [0.15, 0.2) is 89.9 Å². The first-order chi connectivity index (χ1) is 25.7. The zero-order valence-corrected chi connectivity index (χ0v) is 30.5. The molecule has 0 spiro atoms. The van der Waals surface area contributed by atoms with Gasteiger partial charge < -0.3 is 44.2 Å². The molecular weight excluding hydrogens is 693 g/mol. The highest BCUT2D eigenvalue weighted by molar-refractivity contribution is 5.98. The topological polar surface area (TPSA) is 250 Å². The normalized spacial score (nSPS) is 13.3. The maximum Gasteiger partial charge on any atom is 0.244 e. The SMILES string of the molecule is CC(C)C[C@H](NC(=O)[C@H](Cc1ccc(N)cc1)NC(=O)[C@H](Cc1ccc(F)cc1)NC(=O)/C=C/c1ccccc1)C(=O)N[C@@H](CCCN=C(N)N)C(N)=O. The summed E-state index contributed by atoms with van der Waals surface area (Å²) in [5, 5.41) is 10.8. The number of hydrogen-bond acceptors (Lipinski definition) is 7. The summed E-state index contributed by atoms with van der Waals surface area (Å²) in [5.41, 5.74) is 24.6. The number of carbonyl (C=O) groups is 5. The van der Waals surface area contributed by atoms with Crippen LogP contribution < -0.4 is 44.2 Å². The Kier molecular flexibility index (Phi) is 16.6. The Morgan fingerprint density at radius 1 is 0.704 bits per heavy atom. The second-order valence-corrected chi connectivity index (χ2v) is 13.2. The van der Waals surface area contributed by atoms with Gasteiger partial charge >= 0.3 is 0 Å². The molecule has 12 N–H and O–H groups in total. The summed E-state index contributed by atoms with van der Waals surface area (Å²) in [6.07, 6.45) is 3.53. The standard InChI is InChI=1S/C39H50FN9O5/c1-24(2)21-31(36(52)47-30(35(42)51)9-6-20-45-39(43)44)48-38(54)33(23-27-12-17-29(41)18-13-27)49-37(53)32(22-26-10-15-28(40)16-11-26)46-34(50)19-14-25-7-4-3-5-8-25/h3-5,7-8,10-19,24,30-33H,6,9,20-23,41H2,1-2H3,(H2,42,51)(H,46,50)(H,47,52)(H,48,54)(H,49,53)(H4,43,44,45)/b19-14+/t30-,31-,32-,33-/m0/s1. The number of nitrogens with two attached hydrogens (primary N) is 4. The number of primary amides is 1. The predicted molar refractivity (Wildman–Crippen MR) is 206 cm³/mol. The van der Waals surface area contributed by atoms with E-state index in [4.69, 9.17) is 22.9 Å². The minimum atomic E-state index is -1.23. The van der Waals surface area contributed by atoms with Gasteiger partial charge in [0, 0.05) is 31.1 Å². The molecule has 3 aromatic carbocycles. The lowest BCUT2D eigenvalue weighted by atomic mass is 9.99. The Bertz CT molecular complexity index is 1760. The summed E-state index contributed by atoms with van der Waals surface area (Å²) >= 11 is 0. The van der Waals surface area contributed by atoms with Gasteiger partial charge in [-0.1, -0.05) is 68.4 Å². The van der Waals surface area contributed by atoms with Crippen molar-refractivity contribution < 1.29 is 28.4 Å². The molecule has 15 heteroatoms. The number of guanidine groups is 1. The molecule has 0 aliphatic rings. The van der Waals surface area contributed by atoms with Crippen molar-refractivity contribution in [3.63, 3.8) is 0 Å². The van der Waals surface area contributed by atoms with E-state index in [1.54, 1.807) is 30.3 Å². The lowest BCUT2D eigenvalue weighted by molar-refractivity contribution is -0.134. The molecule has 5 amide bonds. The van der Waals surface area contributed by atoms with Crippen LogP contribution in [0.4, 0.5) is 10.1 Å². The van der Waals surface area contributed by atoms with Crippen molar-refractivity contribution in [2.45, 2.75) is 70.1 Å². The van der Waals surface area contributed by atoms with Gasteiger partial charge in [-0.15, -0.1) is 0 Å². The molecule has 0 unspecified atom stereocenters. The minimum absolute atomic E-state index is 0.00625. The fraction of sp³-hybridized carbons (Fsp3) is 0.333. The van der Waals surface area contributed by atoms with Crippen molar-refractivity contribution in [3.8, 4) is 0 Å². The molecule has 54 heavy (non-hydrogen) atoms. The molecule has 0 saturated heterocycles. The molecule has 0 heterocycles.